The van der Waals surface area contributed by atoms with Crippen LogP contribution >= 0.6 is 15.9 Å². The summed E-state index contributed by atoms with van der Waals surface area (Å²) in [5, 5.41) is 7.31. The fourth-order valence-corrected chi connectivity index (χ4v) is 4.42. The first kappa shape index (κ1) is 26.9. The number of amides is 1. The van der Waals surface area contributed by atoms with E-state index in [4.69, 9.17) is 8.92 Å². The van der Waals surface area contributed by atoms with Crippen LogP contribution in [0.1, 0.15) is 54.2 Å². The summed E-state index contributed by atoms with van der Waals surface area (Å²) < 4.78 is 36.9. The Morgan fingerprint density at radius 2 is 1.87 bits per heavy atom. The zero-order valence-corrected chi connectivity index (χ0v) is 21.6. The number of carbonyl (C=O) groups is 1. The van der Waals surface area contributed by atoms with E-state index in [1.165, 1.54) is 0 Å². The van der Waals surface area contributed by atoms with Crippen molar-refractivity contribution in [2.75, 3.05) is 19.3 Å². The zero-order valence-electron chi connectivity index (χ0n) is 19.2. The van der Waals surface area contributed by atoms with Gasteiger partial charge in [0.2, 0.25) is 6.23 Å². The van der Waals surface area contributed by atoms with Crippen molar-refractivity contribution >= 4 is 32.1 Å². The summed E-state index contributed by atoms with van der Waals surface area (Å²) in [5.41, 5.74) is 0.339. The molecule has 1 rings (SSSR count). The van der Waals surface area contributed by atoms with Gasteiger partial charge in [-0.3, -0.25) is 9.16 Å². The van der Waals surface area contributed by atoms with Gasteiger partial charge >= 0.3 is 6.09 Å². The minimum Gasteiger partial charge on any atom is -0.444 e. The second-order valence-corrected chi connectivity index (χ2v) is 11.0. The zero-order chi connectivity index (χ0) is 23.3. The van der Waals surface area contributed by atoms with Crippen molar-refractivity contribution in [2.45, 2.75) is 79.4 Å². The molecule has 0 aliphatic rings. The van der Waals surface area contributed by atoms with Gasteiger partial charge in [-0.2, -0.15) is 13.5 Å². The van der Waals surface area contributed by atoms with Crippen molar-refractivity contribution in [3.8, 4) is 0 Å². The highest BCUT2D eigenvalue weighted by Gasteiger charge is 2.35. The van der Waals surface area contributed by atoms with Crippen LogP contribution in [-0.2, 0) is 32.1 Å². The molecule has 0 spiro atoms. The Kier molecular flexibility index (Phi) is 9.34. The molecule has 1 aromatic rings. The Balaban J connectivity index is 3.02. The molecule has 30 heavy (non-hydrogen) atoms. The SMILES string of the molecule is CC[N+](CC)(Cc1cc(Br)nn1C[C@H](C)NC(=O)OC(C)(C)C)C(C)OS(C)(=O)=O. The van der Waals surface area contributed by atoms with Crippen LogP contribution in [-0.4, -0.2) is 66.0 Å². The van der Waals surface area contributed by atoms with Gasteiger partial charge in [0.05, 0.1) is 31.6 Å². The second kappa shape index (κ2) is 10.4. The third-order valence-corrected chi connectivity index (χ3v) is 5.88. The average Bonchev–Trinajstić information content (AvgIpc) is 2.87. The standard InChI is InChI=1S/C19H35BrN4O5S/c1-9-24(10-2,15(4)29-30(8,26)27)13-16-11-17(20)22-23(16)12-14(3)21-18(25)28-19(5,6)7/h11,14-15H,9-10,12-13H2,1-8H3/p+1/t14-,15?/m0/s1. The molecule has 1 amide bonds. The Labute approximate surface area is 188 Å². The molecular formula is C19H36BrN4O5S+. The van der Waals surface area contributed by atoms with Gasteiger partial charge in [-0.25, -0.2) is 8.98 Å². The maximum Gasteiger partial charge on any atom is 0.407 e. The molecule has 11 heteroatoms. The number of carbonyl (C=O) groups excluding carboxylic acids is 1. The van der Waals surface area contributed by atoms with E-state index in [2.05, 4.69) is 26.3 Å². The predicted octanol–water partition coefficient (Wildman–Crippen LogP) is 3.24. The highest BCUT2D eigenvalue weighted by molar-refractivity contribution is 9.10. The maximum absolute atomic E-state index is 12.0. The van der Waals surface area contributed by atoms with Crippen LogP contribution in [0.15, 0.2) is 10.7 Å². The average molecular weight is 512 g/mol. The number of aromatic nitrogens is 2. The normalized spacial score (nSPS) is 15.0. The number of nitrogens with one attached hydrogen (secondary N) is 1. The molecule has 0 saturated carbocycles. The number of alkyl carbamates (subject to hydrolysis) is 1. The summed E-state index contributed by atoms with van der Waals surface area (Å²) in [5.74, 6) is 0. The van der Waals surface area contributed by atoms with Crippen molar-refractivity contribution < 1.29 is 26.6 Å². The van der Waals surface area contributed by atoms with E-state index >= 15 is 0 Å². The van der Waals surface area contributed by atoms with E-state index in [1.807, 2.05) is 52.3 Å². The number of rotatable bonds is 10. The van der Waals surface area contributed by atoms with Gasteiger partial charge in [-0.1, -0.05) is 0 Å². The summed E-state index contributed by atoms with van der Waals surface area (Å²) in [4.78, 5) is 12.0. The van der Waals surface area contributed by atoms with Crippen LogP contribution in [0.5, 0.6) is 0 Å². The molecule has 0 fully saturated rings. The number of hydrogen-bond donors (Lipinski definition) is 1. The highest BCUT2D eigenvalue weighted by Crippen LogP contribution is 2.23. The van der Waals surface area contributed by atoms with E-state index < -0.39 is 28.0 Å². The Hall–Kier alpha value is -1.17. The summed E-state index contributed by atoms with van der Waals surface area (Å²) in [6, 6.07) is 1.69. The molecular weight excluding hydrogens is 476 g/mol. The molecule has 0 aliphatic heterocycles. The van der Waals surface area contributed by atoms with Crippen molar-refractivity contribution in [3.05, 3.63) is 16.4 Å². The minimum atomic E-state index is -3.58. The van der Waals surface area contributed by atoms with Crippen LogP contribution in [0.2, 0.25) is 0 Å². The molecule has 1 N–H and O–H groups in total. The summed E-state index contributed by atoms with van der Waals surface area (Å²) in [6.45, 7) is 15.4. The number of ether oxygens (including phenoxy) is 1. The number of halogens is 1. The number of quaternary nitrogens is 1. The van der Waals surface area contributed by atoms with E-state index in [1.54, 1.807) is 6.92 Å². The summed E-state index contributed by atoms with van der Waals surface area (Å²) in [7, 11) is -3.58. The molecule has 1 aromatic heterocycles. The quantitative estimate of drug-likeness (QED) is 0.294. The van der Waals surface area contributed by atoms with E-state index in [-0.39, 0.29) is 6.04 Å². The lowest BCUT2D eigenvalue weighted by Crippen LogP contribution is -2.55. The lowest BCUT2D eigenvalue weighted by atomic mass is 10.2. The lowest BCUT2D eigenvalue weighted by molar-refractivity contribution is -0.975. The van der Waals surface area contributed by atoms with Gasteiger partial charge in [0.1, 0.15) is 16.7 Å². The third kappa shape index (κ3) is 8.52. The first-order chi connectivity index (χ1) is 13.6. The largest absolute Gasteiger partial charge is 0.444 e. The Bertz CT molecular complexity index is 815. The molecule has 174 valence electrons. The van der Waals surface area contributed by atoms with Crippen LogP contribution in [0, 0.1) is 0 Å². The minimum absolute atomic E-state index is 0.222. The molecule has 0 bridgehead atoms. The topological polar surface area (TPSA) is 99.5 Å². The van der Waals surface area contributed by atoms with Crippen molar-refractivity contribution in [1.29, 1.82) is 0 Å². The molecule has 1 unspecified atom stereocenters. The van der Waals surface area contributed by atoms with Gasteiger partial charge < -0.3 is 10.1 Å². The van der Waals surface area contributed by atoms with E-state index in [0.717, 1.165) is 11.9 Å². The van der Waals surface area contributed by atoms with Gasteiger partial charge in [-0.15, -0.1) is 0 Å². The monoisotopic (exact) mass is 511 g/mol. The fraction of sp³-hybridized carbons (Fsp3) is 0.789. The molecule has 9 nitrogen and oxygen atoms in total. The van der Waals surface area contributed by atoms with Crippen molar-refractivity contribution in [1.82, 2.24) is 15.1 Å². The number of hydrogen-bond acceptors (Lipinski definition) is 6. The van der Waals surface area contributed by atoms with Crippen molar-refractivity contribution in [3.63, 3.8) is 0 Å². The molecule has 0 aliphatic carbocycles. The number of nitrogens with zero attached hydrogens (tertiary/aromatic N) is 3. The van der Waals surface area contributed by atoms with Crippen LogP contribution in [0.25, 0.3) is 0 Å². The van der Waals surface area contributed by atoms with Crippen LogP contribution in [0.3, 0.4) is 0 Å². The lowest BCUT2D eigenvalue weighted by Gasteiger charge is -2.40. The first-order valence-electron chi connectivity index (χ1n) is 10.1. The fourth-order valence-electron chi connectivity index (χ4n) is 3.28. The molecule has 2 atom stereocenters. The summed E-state index contributed by atoms with van der Waals surface area (Å²) >= 11 is 3.42. The summed E-state index contributed by atoms with van der Waals surface area (Å²) in [6.07, 6.45) is 0.0357. The third-order valence-electron chi connectivity index (χ3n) is 4.87. The molecule has 0 saturated heterocycles. The first-order valence-corrected chi connectivity index (χ1v) is 12.7. The Morgan fingerprint density at radius 1 is 1.30 bits per heavy atom. The van der Waals surface area contributed by atoms with Gasteiger partial charge in [-0.05, 0) is 63.5 Å². The Morgan fingerprint density at radius 3 is 2.33 bits per heavy atom. The predicted molar refractivity (Wildman–Crippen MR) is 119 cm³/mol. The van der Waals surface area contributed by atoms with Gasteiger partial charge in [0.15, 0.2) is 0 Å². The van der Waals surface area contributed by atoms with E-state index in [9.17, 15) is 13.2 Å². The molecule has 0 radical (unpaired) electrons. The molecule has 0 aromatic carbocycles. The van der Waals surface area contributed by atoms with Crippen LogP contribution in [0.4, 0.5) is 4.79 Å². The highest BCUT2D eigenvalue weighted by atomic mass is 79.9. The second-order valence-electron chi connectivity index (χ2n) is 8.60. The van der Waals surface area contributed by atoms with E-state index in [0.29, 0.717) is 35.3 Å². The smallest absolute Gasteiger partial charge is 0.407 e. The van der Waals surface area contributed by atoms with Crippen molar-refractivity contribution in [2.24, 2.45) is 0 Å². The maximum atomic E-state index is 12.0. The van der Waals surface area contributed by atoms with Crippen LogP contribution < -0.4 is 5.32 Å². The van der Waals surface area contributed by atoms with Gasteiger partial charge in [0, 0.05) is 13.0 Å². The van der Waals surface area contributed by atoms with Gasteiger partial charge in [0.25, 0.3) is 10.1 Å². The molecule has 1 heterocycles.